The van der Waals surface area contributed by atoms with Gasteiger partial charge in [-0.15, -0.1) is 0 Å². The van der Waals surface area contributed by atoms with Crippen molar-refractivity contribution < 1.29 is 17.9 Å². The fourth-order valence-electron chi connectivity index (χ4n) is 5.32. The molecule has 0 aliphatic carbocycles. The van der Waals surface area contributed by atoms with Crippen molar-refractivity contribution in [2.75, 3.05) is 4.72 Å². The number of hydrogen-bond donors (Lipinski definition) is 2. The number of rotatable bonds is 8. The van der Waals surface area contributed by atoms with Crippen molar-refractivity contribution >= 4 is 44.8 Å². The van der Waals surface area contributed by atoms with Gasteiger partial charge in [-0.3, -0.25) is 19.0 Å². The van der Waals surface area contributed by atoms with E-state index in [-0.39, 0.29) is 32.9 Å². The van der Waals surface area contributed by atoms with Crippen molar-refractivity contribution in [2.45, 2.75) is 63.5 Å². The van der Waals surface area contributed by atoms with Crippen molar-refractivity contribution in [1.29, 1.82) is 0 Å². The summed E-state index contributed by atoms with van der Waals surface area (Å²) >= 11 is 12.7. The Morgan fingerprint density at radius 1 is 1.09 bits per heavy atom. The summed E-state index contributed by atoms with van der Waals surface area (Å²) in [4.78, 5) is 26.1. The topological polar surface area (TPSA) is 111 Å². The van der Waals surface area contributed by atoms with Crippen LogP contribution >= 0.6 is 23.2 Å². The van der Waals surface area contributed by atoms with Crippen molar-refractivity contribution in [3.63, 3.8) is 0 Å². The van der Waals surface area contributed by atoms with Gasteiger partial charge < -0.3 is 10.1 Å². The molecule has 2 heterocycles. The molecule has 0 fully saturated rings. The highest BCUT2D eigenvalue weighted by Gasteiger charge is 2.28. The third kappa shape index (κ3) is 6.38. The Bertz CT molecular complexity index is 1920. The van der Waals surface area contributed by atoms with Gasteiger partial charge in [-0.2, -0.15) is 0 Å². The van der Waals surface area contributed by atoms with Crippen LogP contribution in [0.25, 0.3) is 5.69 Å². The molecule has 0 radical (unpaired) electrons. The Kier molecular flexibility index (Phi) is 8.63. The normalized spacial score (nSPS) is 14.8. The van der Waals surface area contributed by atoms with Crippen LogP contribution in [-0.4, -0.2) is 35.3 Å². The van der Waals surface area contributed by atoms with E-state index in [0.29, 0.717) is 17.8 Å². The van der Waals surface area contributed by atoms with E-state index in [0.717, 1.165) is 35.8 Å². The number of hydrogen-bond acceptors (Lipinski definition) is 5. The molecule has 1 aliphatic heterocycles. The minimum absolute atomic E-state index is 0.0131. The smallest absolute Gasteiger partial charge is 0.296 e. The van der Waals surface area contributed by atoms with Crippen LogP contribution in [0.4, 0.5) is 5.69 Å². The van der Waals surface area contributed by atoms with Crippen LogP contribution in [-0.2, 0) is 29.9 Å². The van der Waals surface area contributed by atoms with E-state index in [1.165, 1.54) is 10.7 Å². The lowest BCUT2D eigenvalue weighted by Gasteiger charge is -2.32. The molecular weight excluding hydrogens is 623 g/mol. The molecule has 0 unspecified atom stereocenters. The molecule has 1 aliphatic rings. The molecule has 1 amide bonds. The maximum Gasteiger partial charge on any atom is 0.296 e. The van der Waals surface area contributed by atoms with Crippen LogP contribution in [0.15, 0.2) is 70.4 Å². The standard InChI is InChI=1S/C32H34Cl2N4O5S/c1-19(15-21-11-12-26-22(16-21)13-14-32(3,4)43-26)35-30(39)23-17-25(33)28(34)27(18-23)44(41,42)36-29-20(2)37(5)38(31(29)40)24-9-7-6-8-10-24/h6-12,16-19,36H,13-15H2,1-5H3,(H,35,39)/t19-/m1/s1. The maximum absolute atomic E-state index is 13.6. The van der Waals surface area contributed by atoms with Crippen LogP contribution in [0.1, 0.15) is 54.4 Å². The molecule has 5 rings (SSSR count). The van der Waals surface area contributed by atoms with E-state index in [2.05, 4.69) is 30.0 Å². The van der Waals surface area contributed by atoms with E-state index in [1.54, 1.807) is 42.9 Å². The van der Waals surface area contributed by atoms with Gasteiger partial charge in [0.1, 0.15) is 21.9 Å². The third-order valence-corrected chi connectivity index (χ3v) is 10.1. The summed E-state index contributed by atoms with van der Waals surface area (Å²) < 4.78 is 38.5. The Balaban J connectivity index is 1.36. The quantitative estimate of drug-likeness (QED) is 0.240. The minimum Gasteiger partial charge on any atom is -0.488 e. The first-order valence-corrected chi connectivity index (χ1v) is 16.4. The lowest BCUT2D eigenvalue weighted by atomic mass is 9.92. The summed E-state index contributed by atoms with van der Waals surface area (Å²) in [6, 6.07) is 17.1. The van der Waals surface area contributed by atoms with Crippen LogP contribution in [0.2, 0.25) is 10.0 Å². The maximum atomic E-state index is 13.6. The molecule has 12 heteroatoms. The van der Waals surface area contributed by atoms with Crippen molar-refractivity contribution in [1.82, 2.24) is 14.7 Å². The van der Waals surface area contributed by atoms with Gasteiger partial charge in [-0.25, -0.2) is 13.1 Å². The molecule has 0 spiro atoms. The highest BCUT2D eigenvalue weighted by molar-refractivity contribution is 7.92. The number of ether oxygens (including phenoxy) is 1. The Morgan fingerprint density at radius 3 is 2.50 bits per heavy atom. The van der Waals surface area contributed by atoms with E-state index in [1.807, 2.05) is 25.1 Å². The highest BCUT2D eigenvalue weighted by atomic mass is 35.5. The first-order chi connectivity index (χ1) is 20.7. The summed E-state index contributed by atoms with van der Waals surface area (Å²) in [6.07, 6.45) is 2.38. The summed E-state index contributed by atoms with van der Waals surface area (Å²) in [5.74, 6) is 0.363. The second kappa shape index (κ2) is 12.0. The van der Waals surface area contributed by atoms with Crippen molar-refractivity contribution in [3.05, 3.63) is 103 Å². The monoisotopic (exact) mass is 656 g/mol. The number of para-hydroxylation sites is 1. The number of anilines is 1. The van der Waals surface area contributed by atoms with Crippen molar-refractivity contribution in [2.24, 2.45) is 7.05 Å². The lowest BCUT2D eigenvalue weighted by molar-refractivity contribution is 0.0845. The number of carbonyl (C=O) groups is 1. The van der Waals surface area contributed by atoms with Gasteiger partial charge >= 0.3 is 0 Å². The first kappa shape index (κ1) is 31.7. The molecule has 0 bridgehead atoms. The number of aromatic nitrogens is 2. The molecule has 0 saturated heterocycles. The van der Waals surface area contributed by atoms with Gasteiger partial charge in [0.05, 0.1) is 21.4 Å². The molecule has 44 heavy (non-hydrogen) atoms. The number of benzene rings is 3. The SMILES string of the molecule is Cc1c(NS(=O)(=O)c2cc(C(=O)N[C@H](C)Cc3ccc4c(c3)CCC(C)(C)O4)cc(Cl)c2Cl)c(=O)n(-c2ccccc2)n1C. The average Bonchev–Trinajstić information content (AvgIpc) is 3.16. The predicted octanol–water partition coefficient (Wildman–Crippen LogP) is 6.06. The van der Waals surface area contributed by atoms with Crippen molar-refractivity contribution in [3.8, 4) is 11.4 Å². The molecular formula is C32H34Cl2N4O5S. The molecule has 3 aromatic carbocycles. The van der Waals surface area contributed by atoms with E-state index in [9.17, 15) is 18.0 Å². The van der Waals surface area contributed by atoms with Gasteiger partial charge in [-0.1, -0.05) is 53.5 Å². The lowest BCUT2D eigenvalue weighted by Crippen LogP contribution is -2.34. The number of fused-ring (bicyclic) bond motifs is 1. The van der Waals surface area contributed by atoms with Gasteiger partial charge in [0, 0.05) is 18.7 Å². The summed E-state index contributed by atoms with van der Waals surface area (Å²) in [5, 5.41) is 2.54. The second-order valence-corrected chi connectivity index (χ2v) is 14.1. The molecule has 2 N–H and O–H groups in total. The molecule has 4 aromatic rings. The van der Waals surface area contributed by atoms with Crippen LogP contribution in [0, 0.1) is 6.92 Å². The molecule has 1 aromatic heterocycles. The largest absolute Gasteiger partial charge is 0.488 e. The highest BCUT2D eigenvalue weighted by Crippen LogP contribution is 2.34. The van der Waals surface area contributed by atoms with E-state index < -0.39 is 26.4 Å². The molecule has 1 atom stereocenters. The van der Waals surface area contributed by atoms with E-state index in [4.69, 9.17) is 27.9 Å². The van der Waals surface area contributed by atoms with Crippen LogP contribution in [0.3, 0.4) is 0 Å². The zero-order valence-corrected chi connectivity index (χ0v) is 27.4. The Morgan fingerprint density at radius 2 is 1.80 bits per heavy atom. The summed E-state index contributed by atoms with van der Waals surface area (Å²) in [7, 11) is -2.78. The molecule has 9 nitrogen and oxygen atoms in total. The third-order valence-electron chi connectivity index (χ3n) is 7.76. The Hall–Kier alpha value is -3.73. The van der Waals surface area contributed by atoms with Gasteiger partial charge in [-0.05, 0) is 88.4 Å². The van der Waals surface area contributed by atoms with Gasteiger partial charge in [0.15, 0.2) is 0 Å². The van der Waals surface area contributed by atoms with Gasteiger partial charge in [0.2, 0.25) is 0 Å². The number of sulfonamides is 1. The number of nitrogens with one attached hydrogen (secondary N) is 2. The zero-order chi connectivity index (χ0) is 32.0. The Labute approximate surface area is 266 Å². The number of amides is 1. The first-order valence-electron chi connectivity index (χ1n) is 14.1. The summed E-state index contributed by atoms with van der Waals surface area (Å²) in [5.41, 5.74) is 2.23. The fourth-order valence-corrected chi connectivity index (χ4v) is 7.25. The predicted molar refractivity (Wildman–Crippen MR) is 173 cm³/mol. The minimum atomic E-state index is -4.43. The average molecular weight is 658 g/mol. The molecule has 232 valence electrons. The van der Waals surface area contributed by atoms with Crippen LogP contribution < -0.4 is 20.3 Å². The van der Waals surface area contributed by atoms with E-state index >= 15 is 0 Å². The zero-order valence-electron chi connectivity index (χ0n) is 25.1. The number of nitrogens with zero attached hydrogens (tertiary/aromatic N) is 2. The number of halogens is 2. The van der Waals surface area contributed by atoms with Gasteiger partial charge in [0.25, 0.3) is 21.5 Å². The number of aryl methyl sites for hydroxylation is 1. The van der Waals surface area contributed by atoms with Crippen LogP contribution in [0.5, 0.6) is 5.75 Å². The summed E-state index contributed by atoms with van der Waals surface area (Å²) in [6.45, 7) is 7.63. The molecule has 0 saturated carbocycles. The number of carbonyl (C=O) groups excluding carboxylic acids is 1. The fraction of sp³-hybridized carbons (Fsp3) is 0.312. The second-order valence-electron chi connectivity index (χ2n) is 11.7.